The van der Waals surface area contributed by atoms with Crippen molar-refractivity contribution in [3.8, 4) is 0 Å². The van der Waals surface area contributed by atoms with Crippen LogP contribution in [0.3, 0.4) is 0 Å². The van der Waals surface area contributed by atoms with Gasteiger partial charge in [0, 0.05) is 23.9 Å². The summed E-state index contributed by atoms with van der Waals surface area (Å²) >= 11 is 0.949. The highest BCUT2D eigenvalue weighted by Crippen LogP contribution is 2.42. The van der Waals surface area contributed by atoms with Gasteiger partial charge in [-0.3, -0.25) is 14.4 Å². The quantitative estimate of drug-likeness (QED) is 0.229. The van der Waals surface area contributed by atoms with Crippen molar-refractivity contribution in [1.82, 2.24) is 26.1 Å². The highest BCUT2D eigenvalue weighted by atomic mass is 32.2. The second-order valence-electron chi connectivity index (χ2n) is 10.7. The molecule has 3 amide bonds. The molecule has 3 N–H and O–H groups in total. The summed E-state index contributed by atoms with van der Waals surface area (Å²) in [5.41, 5.74) is 1.26. The van der Waals surface area contributed by atoms with E-state index in [0.29, 0.717) is 10.5 Å². The molecule has 0 bridgehead atoms. The van der Waals surface area contributed by atoms with Gasteiger partial charge >= 0.3 is 0 Å². The van der Waals surface area contributed by atoms with Crippen LogP contribution in [0.25, 0.3) is 10.2 Å². The fourth-order valence-electron chi connectivity index (χ4n) is 4.54. The Hall–Kier alpha value is -4.17. The number of hydrogen-bond donors (Lipinski definition) is 3. The van der Waals surface area contributed by atoms with E-state index < -0.39 is 44.7 Å². The fraction of sp³-hybridized carbons (Fsp3) is 0.345. The molecule has 5 rings (SSSR count). The Kier molecular flexibility index (Phi) is 8.34. The first-order chi connectivity index (χ1) is 20.4. The van der Waals surface area contributed by atoms with Crippen molar-refractivity contribution in [3.63, 3.8) is 0 Å². The van der Waals surface area contributed by atoms with Gasteiger partial charge in [0.05, 0.1) is 29.0 Å². The maximum Gasteiger partial charge on any atom is 0.253 e. The maximum atomic E-state index is 13.9. The molecular formula is C29H30FN5O6S2. The molecule has 43 heavy (non-hydrogen) atoms. The number of amides is 3. The van der Waals surface area contributed by atoms with Gasteiger partial charge in [-0.2, -0.15) is 0 Å². The van der Waals surface area contributed by atoms with Crippen molar-refractivity contribution in [1.29, 1.82) is 0 Å². The van der Waals surface area contributed by atoms with Gasteiger partial charge in [-0.1, -0.05) is 31.1 Å². The van der Waals surface area contributed by atoms with Gasteiger partial charge in [-0.15, -0.1) is 11.3 Å². The maximum absolute atomic E-state index is 13.9. The average Bonchev–Trinajstić information content (AvgIpc) is 3.45. The monoisotopic (exact) mass is 627 g/mol. The van der Waals surface area contributed by atoms with Gasteiger partial charge in [0.25, 0.3) is 11.8 Å². The largest absolute Gasteiger partial charge is 0.359 e. The van der Waals surface area contributed by atoms with E-state index in [1.54, 1.807) is 18.2 Å². The lowest BCUT2D eigenvalue weighted by molar-refractivity contribution is -0.127. The molecule has 1 atom stereocenters. The lowest BCUT2D eigenvalue weighted by atomic mass is 9.97. The number of carbonyl (C=O) groups is 3. The predicted octanol–water partition coefficient (Wildman–Crippen LogP) is 3.16. The zero-order valence-electron chi connectivity index (χ0n) is 23.6. The smallest absolute Gasteiger partial charge is 0.253 e. The Morgan fingerprint density at radius 3 is 2.44 bits per heavy atom. The van der Waals surface area contributed by atoms with Gasteiger partial charge in [-0.05, 0) is 54.7 Å². The number of rotatable bonds is 11. The number of halogens is 1. The van der Waals surface area contributed by atoms with Crippen LogP contribution < -0.4 is 16.0 Å². The van der Waals surface area contributed by atoms with E-state index in [-0.39, 0.29) is 40.2 Å². The number of aromatic nitrogens is 2. The Labute approximate surface area is 251 Å². The number of sulfone groups is 1. The van der Waals surface area contributed by atoms with Crippen LogP contribution in [0.15, 0.2) is 53.1 Å². The zero-order chi connectivity index (χ0) is 30.9. The zero-order valence-corrected chi connectivity index (χ0v) is 25.3. The van der Waals surface area contributed by atoms with Crippen molar-refractivity contribution in [3.05, 3.63) is 81.9 Å². The predicted molar refractivity (Wildman–Crippen MR) is 158 cm³/mol. The van der Waals surface area contributed by atoms with E-state index in [4.69, 9.17) is 4.52 Å². The Morgan fingerprint density at radius 1 is 1.09 bits per heavy atom. The highest BCUT2D eigenvalue weighted by Gasteiger charge is 2.54. The van der Waals surface area contributed by atoms with Crippen molar-refractivity contribution in [2.45, 2.75) is 49.9 Å². The van der Waals surface area contributed by atoms with E-state index in [2.05, 4.69) is 26.1 Å². The first-order valence-electron chi connectivity index (χ1n) is 13.6. The van der Waals surface area contributed by atoms with Crippen LogP contribution >= 0.6 is 11.3 Å². The number of thiazole rings is 1. The van der Waals surface area contributed by atoms with Gasteiger partial charge in [0.2, 0.25) is 10.7 Å². The van der Waals surface area contributed by atoms with Crippen LogP contribution in [-0.2, 0) is 30.7 Å². The summed E-state index contributed by atoms with van der Waals surface area (Å²) in [6, 6.07) is 11.0. The standard InChI is InChI=1S/C29H30FN5O6S2/c1-16(2)22-13-21(41-35-22)14-31-26(37)17-4-11-24-23(12-17)34-28(42-24)29(43(3,39)40,18-5-7-19(30)8-6-18)27(38)32-15-25(36)33-20-9-10-20/h4-8,11-13,16,20H,9-10,14-15H2,1-3H3,(H,31,37)(H,32,38)(H,33,36). The van der Waals surface area contributed by atoms with Crippen molar-refractivity contribution < 1.29 is 31.7 Å². The molecule has 226 valence electrons. The number of fused-ring (bicyclic) bond motifs is 1. The Morgan fingerprint density at radius 2 is 1.81 bits per heavy atom. The molecule has 2 aromatic heterocycles. The summed E-state index contributed by atoms with van der Waals surface area (Å²) in [5, 5.41) is 11.8. The number of nitrogens with one attached hydrogen (secondary N) is 3. The van der Waals surface area contributed by atoms with Crippen LogP contribution in [0.4, 0.5) is 4.39 Å². The van der Waals surface area contributed by atoms with Gasteiger partial charge in [-0.25, -0.2) is 17.8 Å². The molecule has 1 fully saturated rings. The lowest BCUT2D eigenvalue weighted by Gasteiger charge is -2.29. The third-order valence-corrected chi connectivity index (χ3v) is 10.0. The normalized spacial score (nSPS) is 14.8. The second kappa shape index (κ2) is 11.8. The summed E-state index contributed by atoms with van der Waals surface area (Å²) in [6.45, 7) is 3.60. The lowest BCUT2D eigenvalue weighted by Crippen LogP contribution is -2.52. The van der Waals surface area contributed by atoms with E-state index in [0.717, 1.165) is 48.3 Å². The number of hydrogen-bond acceptors (Lipinski definition) is 9. The highest BCUT2D eigenvalue weighted by molar-refractivity contribution is 7.92. The van der Waals surface area contributed by atoms with Crippen molar-refractivity contribution in [2.75, 3.05) is 12.8 Å². The number of carbonyl (C=O) groups excluding carboxylic acids is 3. The van der Waals surface area contributed by atoms with Crippen molar-refractivity contribution >= 4 is 49.1 Å². The molecular weight excluding hydrogens is 597 g/mol. The van der Waals surface area contributed by atoms with E-state index in [1.807, 2.05) is 13.8 Å². The van der Waals surface area contributed by atoms with Gasteiger partial charge in [0.15, 0.2) is 15.6 Å². The molecule has 0 saturated heterocycles. The average molecular weight is 628 g/mol. The minimum absolute atomic E-state index is 0.0404. The molecule has 1 unspecified atom stereocenters. The third-order valence-electron chi connectivity index (χ3n) is 7.02. The van der Waals surface area contributed by atoms with Crippen LogP contribution in [0, 0.1) is 5.82 Å². The summed E-state index contributed by atoms with van der Waals surface area (Å²) in [4.78, 5) is 43.6. The molecule has 4 aromatic rings. The second-order valence-corrected chi connectivity index (χ2v) is 13.9. The first-order valence-corrected chi connectivity index (χ1v) is 16.3. The molecule has 1 aliphatic carbocycles. The molecule has 11 nitrogen and oxygen atoms in total. The summed E-state index contributed by atoms with van der Waals surface area (Å²) in [6.07, 6.45) is 2.57. The SMILES string of the molecule is CC(C)c1cc(CNC(=O)c2ccc3sc(C(C(=O)NCC(=O)NC4CC4)(c4ccc(F)cc4)S(C)(=O)=O)nc3c2)on1. The minimum atomic E-state index is -4.33. The molecule has 2 aromatic carbocycles. The Balaban J connectivity index is 1.48. The summed E-state index contributed by atoms with van der Waals surface area (Å²) in [5.74, 6) is -1.85. The minimum Gasteiger partial charge on any atom is -0.359 e. The van der Waals surface area contributed by atoms with Gasteiger partial charge < -0.3 is 20.5 Å². The van der Waals surface area contributed by atoms with E-state index in [9.17, 15) is 27.2 Å². The molecule has 1 aliphatic rings. The van der Waals surface area contributed by atoms with Crippen LogP contribution in [0.2, 0.25) is 0 Å². The van der Waals surface area contributed by atoms with Crippen LogP contribution in [-0.4, -0.2) is 55.1 Å². The van der Waals surface area contributed by atoms with E-state index >= 15 is 0 Å². The molecule has 0 radical (unpaired) electrons. The van der Waals surface area contributed by atoms with Crippen LogP contribution in [0.1, 0.15) is 65.0 Å². The molecule has 2 heterocycles. The molecule has 1 saturated carbocycles. The van der Waals surface area contributed by atoms with Gasteiger partial charge in [0.1, 0.15) is 10.8 Å². The summed E-state index contributed by atoms with van der Waals surface area (Å²) < 4.78 is 44.4. The van der Waals surface area contributed by atoms with Crippen LogP contribution in [0.5, 0.6) is 0 Å². The number of benzene rings is 2. The van der Waals surface area contributed by atoms with Crippen molar-refractivity contribution in [2.24, 2.45) is 0 Å². The topological polar surface area (TPSA) is 160 Å². The Bertz CT molecular complexity index is 1800. The van der Waals surface area contributed by atoms with E-state index in [1.165, 1.54) is 18.2 Å². The molecule has 14 heteroatoms. The first kappa shape index (κ1) is 30.3. The summed E-state index contributed by atoms with van der Waals surface area (Å²) in [7, 11) is -4.33. The number of nitrogens with zero attached hydrogens (tertiary/aromatic N) is 2. The molecule has 0 spiro atoms. The molecule has 0 aliphatic heterocycles. The fourth-order valence-corrected chi connectivity index (χ4v) is 7.51. The third kappa shape index (κ3) is 6.30.